The molecule has 0 saturated heterocycles. The van der Waals surface area contributed by atoms with E-state index in [1.165, 1.54) is 37.8 Å². The van der Waals surface area contributed by atoms with E-state index >= 15 is 0 Å². The van der Waals surface area contributed by atoms with Gasteiger partial charge in [-0.1, -0.05) is 43.9 Å². The second-order valence-electron chi connectivity index (χ2n) is 6.08. The van der Waals surface area contributed by atoms with Gasteiger partial charge in [0.15, 0.2) is 0 Å². The zero-order chi connectivity index (χ0) is 13.6. The van der Waals surface area contributed by atoms with Gasteiger partial charge in [0.2, 0.25) is 0 Å². The first-order chi connectivity index (χ1) is 8.48. The second-order valence-corrected chi connectivity index (χ2v) is 6.08. The molecule has 1 heteroatoms. The molecule has 1 rings (SSSR count). The van der Waals surface area contributed by atoms with Crippen molar-refractivity contribution < 1.29 is 0 Å². The SMILES string of the molecule is C=CCC(C)(N=C(C)CCC1CCCC1)C(=C)C. The van der Waals surface area contributed by atoms with Crippen molar-refractivity contribution in [2.75, 3.05) is 0 Å². The van der Waals surface area contributed by atoms with Crippen molar-refractivity contribution in [3.05, 3.63) is 24.8 Å². The molecule has 0 N–H and O–H groups in total. The van der Waals surface area contributed by atoms with Crippen LogP contribution in [0.5, 0.6) is 0 Å². The Hall–Kier alpha value is -0.850. The molecule has 1 aliphatic rings. The first-order valence-electron chi connectivity index (χ1n) is 7.30. The summed E-state index contributed by atoms with van der Waals surface area (Å²) < 4.78 is 0. The minimum atomic E-state index is -0.151. The Balaban J connectivity index is 2.55. The molecule has 0 aromatic heterocycles. The van der Waals surface area contributed by atoms with E-state index in [-0.39, 0.29) is 5.54 Å². The van der Waals surface area contributed by atoms with Crippen molar-refractivity contribution >= 4 is 5.71 Å². The summed E-state index contributed by atoms with van der Waals surface area (Å²) in [4.78, 5) is 4.90. The van der Waals surface area contributed by atoms with Gasteiger partial charge in [-0.15, -0.1) is 6.58 Å². The van der Waals surface area contributed by atoms with Crippen LogP contribution in [-0.4, -0.2) is 11.3 Å². The molecule has 0 radical (unpaired) electrons. The van der Waals surface area contributed by atoms with E-state index in [2.05, 4.69) is 33.9 Å². The molecular formula is C17H29N. The summed E-state index contributed by atoms with van der Waals surface area (Å²) in [7, 11) is 0. The standard InChI is InChI=1S/C17H29N/c1-6-13-17(5,14(2)3)18-15(4)11-12-16-9-7-8-10-16/h6,16H,1-2,7-13H2,3-5H3. The molecule has 0 aromatic carbocycles. The predicted molar refractivity (Wildman–Crippen MR) is 82.3 cm³/mol. The Morgan fingerprint density at radius 2 is 1.94 bits per heavy atom. The molecule has 0 bridgehead atoms. The van der Waals surface area contributed by atoms with Crippen LogP contribution in [0.15, 0.2) is 29.8 Å². The molecule has 0 aliphatic heterocycles. The van der Waals surface area contributed by atoms with Gasteiger partial charge in [0.05, 0.1) is 5.54 Å². The van der Waals surface area contributed by atoms with Gasteiger partial charge in [0.25, 0.3) is 0 Å². The summed E-state index contributed by atoms with van der Waals surface area (Å²) in [6, 6.07) is 0. The van der Waals surface area contributed by atoms with Crippen LogP contribution < -0.4 is 0 Å². The van der Waals surface area contributed by atoms with Gasteiger partial charge in [-0.25, -0.2) is 0 Å². The number of hydrogen-bond donors (Lipinski definition) is 0. The fraction of sp³-hybridized carbons (Fsp3) is 0.706. The number of rotatable bonds is 7. The van der Waals surface area contributed by atoms with Crippen LogP contribution in [0, 0.1) is 5.92 Å². The summed E-state index contributed by atoms with van der Waals surface area (Å²) in [6.45, 7) is 14.3. The number of hydrogen-bond acceptors (Lipinski definition) is 1. The van der Waals surface area contributed by atoms with Crippen LogP contribution in [0.1, 0.15) is 65.7 Å². The Morgan fingerprint density at radius 1 is 1.33 bits per heavy atom. The highest BCUT2D eigenvalue weighted by atomic mass is 14.9. The van der Waals surface area contributed by atoms with E-state index in [4.69, 9.17) is 4.99 Å². The topological polar surface area (TPSA) is 12.4 Å². The van der Waals surface area contributed by atoms with Gasteiger partial charge in [-0.2, -0.15) is 0 Å². The normalized spacial score (nSPS) is 20.7. The highest BCUT2D eigenvalue weighted by Gasteiger charge is 2.23. The molecule has 0 spiro atoms. The maximum Gasteiger partial charge on any atom is 0.0816 e. The molecule has 1 nitrogen and oxygen atoms in total. The Labute approximate surface area is 113 Å². The molecule has 1 fully saturated rings. The van der Waals surface area contributed by atoms with E-state index in [0.717, 1.165) is 24.3 Å². The lowest BCUT2D eigenvalue weighted by Gasteiger charge is -2.25. The molecule has 1 atom stereocenters. The minimum Gasteiger partial charge on any atom is -0.283 e. The molecule has 1 saturated carbocycles. The number of aliphatic imine (C=N–C) groups is 1. The van der Waals surface area contributed by atoms with Crippen LogP contribution >= 0.6 is 0 Å². The van der Waals surface area contributed by atoms with E-state index in [0.29, 0.717) is 0 Å². The molecule has 102 valence electrons. The summed E-state index contributed by atoms with van der Waals surface area (Å²) in [5.74, 6) is 0.950. The summed E-state index contributed by atoms with van der Waals surface area (Å²) in [6.07, 6.45) is 11.0. The van der Waals surface area contributed by atoms with Gasteiger partial charge in [-0.05, 0) is 46.0 Å². The minimum absolute atomic E-state index is 0.151. The highest BCUT2D eigenvalue weighted by Crippen LogP contribution is 2.29. The van der Waals surface area contributed by atoms with Crippen molar-refractivity contribution in [2.24, 2.45) is 10.9 Å². The predicted octanol–water partition coefficient (Wildman–Crippen LogP) is 5.33. The van der Waals surface area contributed by atoms with Crippen LogP contribution in [-0.2, 0) is 0 Å². The second kappa shape index (κ2) is 6.92. The van der Waals surface area contributed by atoms with Crippen molar-refractivity contribution in [1.29, 1.82) is 0 Å². The maximum atomic E-state index is 4.90. The molecule has 0 heterocycles. The van der Waals surface area contributed by atoms with E-state index in [1.807, 2.05) is 6.08 Å². The smallest absolute Gasteiger partial charge is 0.0816 e. The Kier molecular flexibility index (Phi) is 5.84. The van der Waals surface area contributed by atoms with Gasteiger partial charge in [-0.3, -0.25) is 4.99 Å². The quantitative estimate of drug-likeness (QED) is 0.426. The van der Waals surface area contributed by atoms with E-state index in [1.54, 1.807) is 0 Å². The molecule has 1 aliphatic carbocycles. The van der Waals surface area contributed by atoms with Gasteiger partial charge < -0.3 is 0 Å². The first kappa shape index (κ1) is 15.2. The van der Waals surface area contributed by atoms with Gasteiger partial charge in [0.1, 0.15) is 0 Å². The average Bonchev–Trinajstić information content (AvgIpc) is 2.79. The lowest BCUT2D eigenvalue weighted by Crippen LogP contribution is -2.24. The highest BCUT2D eigenvalue weighted by molar-refractivity contribution is 5.82. The third-order valence-electron chi connectivity index (χ3n) is 4.29. The average molecular weight is 247 g/mol. The first-order valence-corrected chi connectivity index (χ1v) is 7.30. The summed E-state index contributed by atoms with van der Waals surface area (Å²) >= 11 is 0. The van der Waals surface area contributed by atoms with Crippen molar-refractivity contribution in [3.63, 3.8) is 0 Å². The summed E-state index contributed by atoms with van der Waals surface area (Å²) in [5, 5.41) is 0. The largest absolute Gasteiger partial charge is 0.283 e. The molecule has 0 amide bonds. The van der Waals surface area contributed by atoms with Crippen molar-refractivity contribution in [1.82, 2.24) is 0 Å². The third-order valence-corrected chi connectivity index (χ3v) is 4.29. The fourth-order valence-corrected chi connectivity index (χ4v) is 2.79. The zero-order valence-electron chi connectivity index (χ0n) is 12.5. The summed E-state index contributed by atoms with van der Waals surface area (Å²) in [5.41, 5.74) is 2.25. The van der Waals surface area contributed by atoms with E-state index < -0.39 is 0 Å². The molecule has 1 unspecified atom stereocenters. The van der Waals surface area contributed by atoms with Crippen LogP contribution in [0.25, 0.3) is 0 Å². The maximum absolute atomic E-state index is 4.90. The van der Waals surface area contributed by atoms with Gasteiger partial charge in [0, 0.05) is 5.71 Å². The lowest BCUT2D eigenvalue weighted by molar-refractivity contribution is 0.509. The third kappa shape index (κ3) is 4.44. The monoisotopic (exact) mass is 247 g/mol. The van der Waals surface area contributed by atoms with Crippen molar-refractivity contribution in [2.45, 2.75) is 71.3 Å². The molecule has 0 aromatic rings. The van der Waals surface area contributed by atoms with E-state index in [9.17, 15) is 0 Å². The van der Waals surface area contributed by atoms with Crippen LogP contribution in [0.3, 0.4) is 0 Å². The number of nitrogens with zero attached hydrogens (tertiary/aromatic N) is 1. The van der Waals surface area contributed by atoms with Crippen LogP contribution in [0.2, 0.25) is 0 Å². The lowest BCUT2D eigenvalue weighted by atomic mass is 9.90. The zero-order valence-corrected chi connectivity index (χ0v) is 12.5. The fourth-order valence-electron chi connectivity index (χ4n) is 2.79. The molecular weight excluding hydrogens is 218 g/mol. The Morgan fingerprint density at radius 3 is 2.44 bits per heavy atom. The van der Waals surface area contributed by atoms with Gasteiger partial charge >= 0.3 is 0 Å². The Bertz CT molecular complexity index is 321. The molecule has 18 heavy (non-hydrogen) atoms. The van der Waals surface area contributed by atoms with Crippen molar-refractivity contribution in [3.8, 4) is 0 Å². The van der Waals surface area contributed by atoms with Crippen LogP contribution in [0.4, 0.5) is 0 Å².